The maximum Gasteiger partial charge on any atom is 0.225 e. The van der Waals surface area contributed by atoms with E-state index in [4.69, 9.17) is 0 Å². The molecule has 1 aliphatic rings. The third kappa shape index (κ3) is 4.23. The average molecular weight is 340 g/mol. The van der Waals surface area contributed by atoms with E-state index in [0.717, 1.165) is 36.6 Å². The Morgan fingerprint density at radius 3 is 2.96 bits per heavy atom. The third-order valence-corrected chi connectivity index (χ3v) is 4.41. The predicted molar refractivity (Wildman–Crippen MR) is 97.4 cm³/mol. The Hall–Kier alpha value is -2.70. The van der Waals surface area contributed by atoms with Crippen LogP contribution in [0.2, 0.25) is 0 Å². The van der Waals surface area contributed by atoms with E-state index >= 15 is 0 Å². The van der Waals surface area contributed by atoms with E-state index in [-0.39, 0.29) is 11.8 Å². The Labute approximate surface area is 148 Å². The number of carbonyl (C=O) groups is 1. The number of hydrogen-bond donors (Lipinski definition) is 1. The fourth-order valence-electron chi connectivity index (χ4n) is 3.15. The number of nitrogens with one attached hydrogen (secondary N) is 1. The zero-order valence-electron chi connectivity index (χ0n) is 14.7. The van der Waals surface area contributed by atoms with E-state index in [2.05, 4.69) is 25.2 Å². The van der Waals surface area contributed by atoms with Crippen LogP contribution in [0.15, 0.2) is 36.9 Å². The van der Waals surface area contributed by atoms with Crippen LogP contribution in [0.25, 0.3) is 0 Å². The molecule has 0 bridgehead atoms. The van der Waals surface area contributed by atoms with Gasteiger partial charge in [-0.3, -0.25) is 9.78 Å². The molecule has 2 aromatic rings. The largest absolute Gasteiger partial charge is 0.362 e. The van der Waals surface area contributed by atoms with Crippen molar-refractivity contribution in [3.05, 3.63) is 42.5 Å². The van der Waals surface area contributed by atoms with Crippen LogP contribution in [0.5, 0.6) is 0 Å². The van der Waals surface area contributed by atoms with Crippen molar-refractivity contribution < 1.29 is 4.79 Å². The molecule has 3 rings (SSSR count). The summed E-state index contributed by atoms with van der Waals surface area (Å²) in [6.45, 7) is 2.08. The number of nitrogens with zero attached hydrogens (tertiary/aromatic N) is 5. The summed E-state index contributed by atoms with van der Waals surface area (Å²) in [6, 6.07) is 3.89. The second kappa shape index (κ2) is 7.92. The normalized spacial score (nSPS) is 17.2. The van der Waals surface area contributed by atoms with Crippen LogP contribution in [-0.4, -0.2) is 48.0 Å². The van der Waals surface area contributed by atoms with Gasteiger partial charge in [-0.15, -0.1) is 0 Å². The Balaban J connectivity index is 1.60. The van der Waals surface area contributed by atoms with Crippen molar-refractivity contribution in [1.82, 2.24) is 20.3 Å². The molecule has 132 valence electrons. The summed E-state index contributed by atoms with van der Waals surface area (Å²) in [7, 11) is 3.90. The topological polar surface area (TPSA) is 74.2 Å². The van der Waals surface area contributed by atoms with Gasteiger partial charge in [0.05, 0.1) is 12.1 Å². The van der Waals surface area contributed by atoms with Crippen LogP contribution in [0.4, 0.5) is 11.6 Å². The summed E-state index contributed by atoms with van der Waals surface area (Å²) in [5.74, 6) is 1.77. The van der Waals surface area contributed by atoms with Crippen LogP contribution in [0.1, 0.15) is 18.4 Å². The minimum Gasteiger partial charge on any atom is -0.362 e. The van der Waals surface area contributed by atoms with E-state index in [1.165, 1.54) is 0 Å². The van der Waals surface area contributed by atoms with Gasteiger partial charge in [0.25, 0.3) is 0 Å². The lowest BCUT2D eigenvalue weighted by Crippen LogP contribution is -2.43. The number of aromatic nitrogens is 3. The monoisotopic (exact) mass is 340 g/mol. The summed E-state index contributed by atoms with van der Waals surface area (Å²) in [4.78, 5) is 29.5. The summed E-state index contributed by atoms with van der Waals surface area (Å²) >= 11 is 0. The molecular formula is C18H24N6O. The molecule has 1 saturated heterocycles. The number of rotatable bonds is 5. The molecule has 0 aliphatic carbocycles. The molecule has 7 nitrogen and oxygen atoms in total. The standard InChI is InChI=1S/C18H24N6O/c1-23(2)17-14(5-3-7-21-17)11-22-18(25)15-6-4-10-24(13-15)16-12-19-8-9-20-16/h3,5,7-9,12,15H,4,6,10-11,13H2,1-2H3,(H,22,25)/t15-/m0/s1. The first-order valence-corrected chi connectivity index (χ1v) is 8.55. The van der Waals surface area contributed by atoms with Gasteiger partial charge in [-0.2, -0.15) is 0 Å². The zero-order chi connectivity index (χ0) is 17.6. The SMILES string of the molecule is CN(C)c1ncccc1CNC(=O)[C@H]1CCCN(c2cnccn2)C1. The van der Waals surface area contributed by atoms with Crippen LogP contribution in [0.3, 0.4) is 0 Å². The quantitative estimate of drug-likeness (QED) is 0.888. The van der Waals surface area contributed by atoms with Gasteiger partial charge in [0.15, 0.2) is 0 Å². The van der Waals surface area contributed by atoms with Gasteiger partial charge in [0.2, 0.25) is 5.91 Å². The van der Waals surface area contributed by atoms with Crippen LogP contribution < -0.4 is 15.1 Å². The van der Waals surface area contributed by atoms with E-state index in [0.29, 0.717) is 13.1 Å². The van der Waals surface area contributed by atoms with Gasteiger partial charge in [-0.1, -0.05) is 6.07 Å². The lowest BCUT2D eigenvalue weighted by Gasteiger charge is -2.32. The molecule has 0 radical (unpaired) electrons. The van der Waals surface area contributed by atoms with Gasteiger partial charge < -0.3 is 15.1 Å². The number of amides is 1. The fraction of sp³-hybridized carbons (Fsp3) is 0.444. The molecule has 2 aromatic heterocycles. The molecule has 3 heterocycles. The Morgan fingerprint density at radius 1 is 1.32 bits per heavy atom. The van der Waals surface area contributed by atoms with Crippen molar-refractivity contribution >= 4 is 17.5 Å². The highest BCUT2D eigenvalue weighted by molar-refractivity contribution is 5.79. The molecular weight excluding hydrogens is 316 g/mol. The number of hydrogen-bond acceptors (Lipinski definition) is 6. The Morgan fingerprint density at radius 2 is 2.20 bits per heavy atom. The Bertz CT molecular complexity index is 706. The molecule has 1 atom stereocenters. The molecule has 25 heavy (non-hydrogen) atoms. The van der Waals surface area contributed by atoms with Crippen LogP contribution in [-0.2, 0) is 11.3 Å². The maximum absolute atomic E-state index is 12.6. The van der Waals surface area contributed by atoms with Gasteiger partial charge >= 0.3 is 0 Å². The van der Waals surface area contributed by atoms with Crippen molar-refractivity contribution in [1.29, 1.82) is 0 Å². The van der Waals surface area contributed by atoms with Crippen molar-refractivity contribution in [2.75, 3.05) is 37.0 Å². The van der Waals surface area contributed by atoms with Crippen molar-refractivity contribution in [3.8, 4) is 0 Å². The minimum atomic E-state index is -0.0322. The predicted octanol–water partition coefficient (Wildman–Crippen LogP) is 1.47. The van der Waals surface area contributed by atoms with Crippen LogP contribution >= 0.6 is 0 Å². The molecule has 1 amide bonds. The Kier molecular flexibility index (Phi) is 5.42. The molecule has 1 aliphatic heterocycles. The molecule has 0 aromatic carbocycles. The highest BCUT2D eigenvalue weighted by Gasteiger charge is 2.26. The van der Waals surface area contributed by atoms with E-state index in [1.54, 1.807) is 24.8 Å². The van der Waals surface area contributed by atoms with Gasteiger partial charge in [0, 0.05) is 57.9 Å². The summed E-state index contributed by atoms with van der Waals surface area (Å²) in [5.41, 5.74) is 1.02. The lowest BCUT2D eigenvalue weighted by molar-refractivity contribution is -0.125. The third-order valence-electron chi connectivity index (χ3n) is 4.41. The molecule has 0 spiro atoms. The van der Waals surface area contributed by atoms with E-state index in [9.17, 15) is 4.79 Å². The van der Waals surface area contributed by atoms with Gasteiger partial charge in [0.1, 0.15) is 11.6 Å². The number of pyridine rings is 1. The van der Waals surface area contributed by atoms with E-state index in [1.807, 2.05) is 31.1 Å². The van der Waals surface area contributed by atoms with Gasteiger partial charge in [-0.05, 0) is 18.9 Å². The van der Waals surface area contributed by atoms with Crippen molar-refractivity contribution in [2.45, 2.75) is 19.4 Å². The number of carbonyl (C=O) groups excluding carboxylic acids is 1. The highest BCUT2D eigenvalue weighted by atomic mass is 16.1. The second-order valence-corrected chi connectivity index (χ2v) is 6.45. The molecule has 0 unspecified atom stereocenters. The first-order valence-electron chi connectivity index (χ1n) is 8.55. The van der Waals surface area contributed by atoms with Gasteiger partial charge in [-0.25, -0.2) is 9.97 Å². The fourth-order valence-corrected chi connectivity index (χ4v) is 3.15. The zero-order valence-corrected chi connectivity index (χ0v) is 14.7. The summed E-state index contributed by atoms with van der Waals surface area (Å²) in [5, 5.41) is 3.07. The highest BCUT2D eigenvalue weighted by Crippen LogP contribution is 2.21. The number of anilines is 2. The molecule has 1 fully saturated rings. The summed E-state index contributed by atoms with van der Waals surface area (Å²) in [6.07, 6.45) is 8.73. The van der Waals surface area contributed by atoms with Crippen molar-refractivity contribution in [2.24, 2.45) is 5.92 Å². The minimum absolute atomic E-state index is 0.0322. The first-order chi connectivity index (χ1) is 12.1. The molecule has 7 heteroatoms. The number of piperidine rings is 1. The smallest absolute Gasteiger partial charge is 0.225 e. The van der Waals surface area contributed by atoms with E-state index < -0.39 is 0 Å². The lowest BCUT2D eigenvalue weighted by atomic mass is 9.97. The first kappa shape index (κ1) is 17.1. The summed E-state index contributed by atoms with van der Waals surface area (Å²) < 4.78 is 0. The second-order valence-electron chi connectivity index (χ2n) is 6.45. The van der Waals surface area contributed by atoms with Crippen LogP contribution in [0, 0.1) is 5.92 Å². The maximum atomic E-state index is 12.6. The van der Waals surface area contributed by atoms with Crippen molar-refractivity contribution in [3.63, 3.8) is 0 Å². The average Bonchev–Trinajstić information content (AvgIpc) is 2.67. The molecule has 1 N–H and O–H groups in total. The molecule has 0 saturated carbocycles.